The van der Waals surface area contributed by atoms with Crippen molar-refractivity contribution >= 4 is 34.8 Å². The molecule has 0 aliphatic heterocycles. The molecule has 4 rings (SSSR count). The fraction of sp³-hybridized carbons (Fsp3) is 0.182. The lowest BCUT2D eigenvalue weighted by molar-refractivity contribution is -0.137. The molecule has 0 aliphatic rings. The number of para-hydroxylation sites is 1. The predicted octanol–water partition coefficient (Wildman–Crippen LogP) is 5.46. The number of ketones is 2. The number of rotatable bonds is 15. The third kappa shape index (κ3) is 9.03. The molecule has 7 nitrogen and oxygen atoms in total. The number of aliphatic carboxylic acids is 1. The van der Waals surface area contributed by atoms with E-state index in [4.69, 9.17) is 16.3 Å². The van der Waals surface area contributed by atoms with Gasteiger partial charge in [0.05, 0.1) is 6.54 Å². The molecule has 0 saturated carbocycles. The molecule has 0 aliphatic carbocycles. The standard InChI is InChI=1S/C33H31ClN2O5/c34-26-10-6-7-24(19-26)20-27(37)22-35-17-18-41-28-15-13-23(14-16-28)21-31(33(39)40)36-30-12-5-4-11-29(30)32(38)25-8-2-1-3-9-25/h1-16,19,31,35-36H,17-18,20-22H2,(H,39,40). The maximum Gasteiger partial charge on any atom is 0.326 e. The third-order valence-electron chi connectivity index (χ3n) is 6.36. The molecule has 4 aromatic rings. The third-order valence-corrected chi connectivity index (χ3v) is 6.59. The zero-order valence-corrected chi connectivity index (χ0v) is 23.1. The van der Waals surface area contributed by atoms with E-state index in [0.29, 0.717) is 47.2 Å². The van der Waals surface area contributed by atoms with Crippen molar-refractivity contribution in [2.45, 2.75) is 18.9 Å². The first kappa shape index (κ1) is 29.5. The van der Waals surface area contributed by atoms with Gasteiger partial charge in [-0.15, -0.1) is 0 Å². The van der Waals surface area contributed by atoms with E-state index in [0.717, 1.165) is 11.1 Å². The molecule has 4 aromatic carbocycles. The summed E-state index contributed by atoms with van der Waals surface area (Å²) in [7, 11) is 0. The van der Waals surface area contributed by atoms with E-state index in [1.165, 1.54) is 0 Å². The van der Waals surface area contributed by atoms with Crippen LogP contribution in [0.3, 0.4) is 0 Å². The van der Waals surface area contributed by atoms with Crippen LogP contribution in [0.2, 0.25) is 5.02 Å². The van der Waals surface area contributed by atoms with Gasteiger partial charge in [-0.3, -0.25) is 9.59 Å². The zero-order chi connectivity index (χ0) is 29.0. The van der Waals surface area contributed by atoms with Gasteiger partial charge in [0.2, 0.25) is 0 Å². The summed E-state index contributed by atoms with van der Waals surface area (Å²) in [6, 6.07) is 29.3. The molecule has 0 saturated heterocycles. The Hall–Kier alpha value is -4.46. The molecule has 0 fully saturated rings. The summed E-state index contributed by atoms with van der Waals surface area (Å²) >= 11 is 5.96. The van der Waals surface area contributed by atoms with Crippen molar-refractivity contribution in [3.63, 3.8) is 0 Å². The van der Waals surface area contributed by atoms with Crippen LogP contribution in [0.5, 0.6) is 5.75 Å². The molecule has 1 atom stereocenters. The lowest BCUT2D eigenvalue weighted by atomic mass is 10.00. The maximum absolute atomic E-state index is 13.0. The molecule has 210 valence electrons. The van der Waals surface area contributed by atoms with E-state index < -0.39 is 12.0 Å². The Morgan fingerprint density at radius 2 is 1.56 bits per heavy atom. The van der Waals surface area contributed by atoms with Gasteiger partial charge in [0, 0.05) is 41.2 Å². The highest BCUT2D eigenvalue weighted by molar-refractivity contribution is 6.30. The number of hydrogen-bond acceptors (Lipinski definition) is 6. The number of carboxylic acid groups (broad SMARTS) is 1. The molecule has 8 heteroatoms. The van der Waals surface area contributed by atoms with Gasteiger partial charge in [0.25, 0.3) is 0 Å². The monoisotopic (exact) mass is 570 g/mol. The van der Waals surface area contributed by atoms with Crippen LogP contribution in [0, 0.1) is 0 Å². The highest BCUT2D eigenvalue weighted by Gasteiger charge is 2.21. The van der Waals surface area contributed by atoms with Gasteiger partial charge in [-0.25, -0.2) is 4.79 Å². The van der Waals surface area contributed by atoms with Gasteiger partial charge in [-0.05, 0) is 47.5 Å². The first-order chi connectivity index (χ1) is 19.9. The van der Waals surface area contributed by atoms with E-state index in [1.54, 1.807) is 72.8 Å². The van der Waals surface area contributed by atoms with Crippen LogP contribution in [0.15, 0.2) is 103 Å². The van der Waals surface area contributed by atoms with Gasteiger partial charge in [0.15, 0.2) is 11.6 Å². The van der Waals surface area contributed by atoms with Crippen LogP contribution >= 0.6 is 11.6 Å². The Kier molecular flexibility index (Phi) is 10.7. The van der Waals surface area contributed by atoms with Crippen molar-refractivity contribution in [1.82, 2.24) is 5.32 Å². The van der Waals surface area contributed by atoms with Crippen LogP contribution in [0.1, 0.15) is 27.0 Å². The van der Waals surface area contributed by atoms with Crippen molar-refractivity contribution in [2.75, 3.05) is 25.0 Å². The molecule has 0 heterocycles. The molecule has 0 bridgehead atoms. The minimum absolute atomic E-state index is 0.0604. The Bertz CT molecular complexity index is 1470. The molecule has 0 spiro atoms. The Morgan fingerprint density at radius 3 is 2.29 bits per heavy atom. The molecule has 1 unspecified atom stereocenters. The van der Waals surface area contributed by atoms with Gasteiger partial charge in [-0.2, -0.15) is 0 Å². The molecule has 0 radical (unpaired) electrons. The summed E-state index contributed by atoms with van der Waals surface area (Å²) in [5, 5.41) is 16.6. The van der Waals surface area contributed by atoms with Crippen molar-refractivity contribution in [2.24, 2.45) is 0 Å². The smallest absolute Gasteiger partial charge is 0.326 e. The Labute approximate surface area is 244 Å². The van der Waals surface area contributed by atoms with E-state index in [9.17, 15) is 19.5 Å². The van der Waals surface area contributed by atoms with E-state index >= 15 is 0 Å². The topological polar surface area (TPSA) is 105 Å². The van der Waals surface area contributed by atoms with Crippen LogP contribution in [-0.2, 0) is 22.4 Å². The maximum atomic E-state index is 13.0. The van der Waals surface area contributed by atoms with Crippen molar-refractivity contribution in [1.29, 1.82) is 0 Å². The summed E-state index contributed by atoms with van der Waals surface area (Å²) in [5.41, 5.74) is 3.09. The minimum Gasteiger partial charge on any atom is -0.492 e. The number of Topliss-reactive ketones (excluding diaryl/α,β-unsaturated/α-hetero) is 1. The van der Waals surface area contributed by atoms with E-state index in [2.05, 4.69) is 10.6 Å². The predicted molar refractivity (Wildman–Crippen MR) is 160 cm³/mol. The fourth-order valence-electron chi connectivity index (χ4n) is 4.30. The molecule has 0 amide bonds. The Balaban J connectivity index is 1.26. The van der Waals surface area contributed by atoms with Gasteiger partial charge in [-0.1, -0.05) is 78.3 Å². The fourth-order valence-corrected chi connectivity index (χ4v) is 4.52. The summed E-state index contributed by atoms with van der Waals surface area (Å²) < 4.78 is 5.75. The van der Waals surface area contributed by atoms with Crippen LogP contribution in [0.25, 0.3) is 0 Å². The lowest BCUT2D eigenvalue weighted by Crippen LogP contribution is -2.32. The molecule has 41 heavy (non-hydrogen) atoms. The summed E-state index contributed by atoms with van der Waals surface area (Å²) in [6.07, 6.45) is 0.525. The number of carbonyl (C=O) groups excluding carboxylic acids is 2. The Morgan fingerprint density at radius 1 is 0.829 bits per heavy atom. The normalized spacial score (nSPS) is 11.4. The average molecular weight is 571 g/mol. The first-order valence-electron chi connectivity index (χ1n) is 13.3. The number of anilines is 1. The van der Waals surface area contributed by atoms with Crippen LogP contribution in [0.4, 0.5) is 5.69 Å². The minimum atomic E-state index is -1.02. The second-order valence-electron chi connectivity index (χ2n) is 9.49. The zero-order valence-electron chi connectivity index (χ0n) is 22.4. The first-order valence-corrected chi connectivity index (χ1v) is 13.6. The number of hydrogen-bond donors (Lipinski definition) is 3. The lowest BCUT2D eigenvalue weighted by Gasteiger charge is -2.18. The quantitative estimate of drug-likeness (QED) is 0.129. The second kappa shape index (κ2) is 14.8. The summed E-state index contributed by atoms with van der Waals surface area (Å²) in [6.45, 7) is 1.10. The van der Waals surface area contributed by atoms with E-state index in [-0.39, 0.29) is 24.5 Å². The summed E-state index contributed by atoms with van der Waals surface area (Å²) in [4.78, 5) is 37.3. The van der Waals surface area contributed by atoms with Crippen LogP contribution in [-0.4, -0.2) is 48.4 Å². The van der Waals surface area contributed by atoms with Crippen molar-refractivity contribution < 1.29 is 24.2 Å². The highest BCUT2D eigenvalue weighted by Crippen LogP contribution is 2.22. The molecule has 3 N–H and O–H groups in total. The SMILES string of the molecule is O=C(CNCCOc1ccc(CC(Nc2ccccc2C(=O)c2ccccc2)C(=O)O)cc1)Cc1cccc(Cl)c1. The molecular weight excluding hydrogens is 540 g/mol. The van der Waals surface area contributed by atoms with E-state index in [1.807, 2.05) is 30.3 Å². The number of carboxylic acids is 1. The number of carbonyl (C=O) groups is 3. The molecular formula is C33H31ClN2O5. The van der Waals surface area contributed by atoms with Gasteiger partial charge >= 0.3 is 5.97 Å². The number of nitrogens with one attached hydrogen (secondary N) is 2. The van der Waals surface area contributed by atoms with Gasteiger partial charge < -0.3 is 20.5 Å². The number of benzene rings is 4. The average Bonchev–Trinajstić information content (AvgIpc) is 2.98. The highest BCUT2D eigenvalue weighted by atomic mass is 35.5. The largest absolute Gasteiger partial charge is 0.492 e. The van der Waals surface area contributed by atoms with Gasteiger partial charge in [0.1, 0.15) is 18.4 Å². The summed E-state index contributed by atoms with van der Waals surface area (Å²) in [5.74, 6) is -0.507. The number of halogens is 1. The number of ether oxygens (including phenoxy) is 1. The van der Waals surface area contributed by atoms with Crippen molar-refractivity contribution in [3.8, 4) is 5.75 Å². The van der Waals surface area contributed by atoms with Crippen LogP contribution < -0.4 is 15.4 Å². The van der Waals surface area contributed by atoms with Crippen molar-refractivity contribution in [3.05, 3.63) is 130 Å². The molecule has 0 aromatic heterocycles. The second-order valence-corrected chi connectivity index (χ2v) is 9.93.